The van der Waals surface area contributed by atoms with Gasteiger partial charge in [0.15, 0.2) is 0 Å². The molecule has 0 heterocycles. The van der Waals surface area contributed by atoms with Crippen molar-refractivity contribution in [1.29, 1.82) is 0 Å². The van der Waals surface area contributed by atoms with Crippen LogP contribution in [0.2, 0.25) is 0 Å². The molecule has 0 radical (unpaired) electrons. The Kier molecular flexibility index (Phi) is 4.50. The van der Waals surface area contributed by atoms with Crippen LogP contribution in [0, 0.1) is 17.8 Å². The van der Waals surface area contributed by atoms with Crippen LogP contribution in [-0.2, 0) is 4.79 Å². The van der Waals surface area contributed by atoms with Crippen LogP contribution >= 0.6 is 0 Å². The summed E-state index contributed by atoms with van der Waals surface area (Å²) in [4.78, 5) is 14.7. The quantitative estimate of drug-likeness (QED) is 0.871. The van der Waals surface area contributed by atoms with Crippen molar-refractivity contribution < 1.29 is 4.79 Å². The molecule has 1 aromatic rings. The second kappa shape index (κ2) is 6.39. The summed E-state index contributed by atoms with van der Waals surface area (Å²) in [6.07, 6.45) is 3.53. The first kappa shape index (κ1) is 15.5. The number of amides is 1. The molecular weight excluding hydrogens is 274 g/mol. The third-order valence-electron chi connectivity index (χ3n) is 5.56. The van der Waals surface area contributed by atoms with Gasteiger partial charge in [0.25, 0.3) is 0 Å². The lowest BCUT2D eigenvalue weighted by molar-refractivity contribution is -0.127. The summed E-state index contributed by atoms with van der Waals surface area (Å²) in [6, 6.07) is 10.6. The van der Waals surface area contributed by atoms with Crippen LogP contribution in [0.4, 0.5) is 0 Å². The van der Waals surface area contributed by atoms with Gasteiger partial charge in [-0.15, -0.1) is 0 Å². The fraction of sp³-hybridized carbons (Fsp3) is 0.611. The van der Waals surface area contributed by atoms with E-state index in [4.69, 9.17) is 5.73 Å². The number of carbonyl (C=O) groups excluding carboxylic acids is 1. The van der Waals surface area contributed by atoms with Crippen LogP contribution < -0.4 is 11.1 Å². The van der Waals surface area contributed by atoms with E-state index < -0.39 is 0 Å². The minimum absolute atomic E-state index is 0.0253. The molecule has 4 heteroatoms. The summed E-state index contributed by atoms with van der Waals surface area (Å²) in [5.41, 5.74) is 7.50. The zero-order chi connectivity index (χ0) is 15.7. The molecule has 5 unspecified atom stereocenters. The van der Waals surface area contributed by atoms with E-state index in [0.29, 0.717) is 18.4 Å². The fourth-order valence-electron chi connectivity index (χ4n) is 4.31. The first-order valence-corrected chi connectivity index (χ1v) is 8.32. The first-order chi connectivity index (χ1) is 10.6. The van der Waals surface area contributed by atoms with Crippen LogP contribution in [0.25, 0.3) is 0 Å². The third-order valence-corrected chi connectivity index (χ3v) is 5.56. The van der Waals surface area contributed by atoms with Crippen molar-refractivity contribution in [3.63, 3.8) is 0 Å². The molecule has 3 N–H and O–H groups in total. The van der Waals surface area contributed by atoms with E-state index in [1.54, 1.807) is 0 Å². The number of nitrogens with one attached hydrogen (secondary N) is 1. The second-order valence-electron chi connectivity index (χ2n) is 7.07. The largest absolute Gasteiger partial charge is 0.354 e. The van der Waals surface area contributed by atoms with E-state index in [2.05, 4.69) is 22.3 Å². The number of rotatable bonds is 5. The van der Waals surface area contributed by atoms with Gasteiger partial charge >= 0.3 is 0 Å². The molecule has 2 saturated carbocycles. The summed E-state index contributed by atoms with van der Waals surface area (Å²) in [5, 5.41) is 3.16. The number of fused-ring (bicyclic) bond motifs is 2. The second-order valence-corrected chi connectivity index (χ2v) is 7.07. The smallest absolute Gasteiger partial charge is 0.225 e. The van der Waals surface area contributed by atoms with Crippen LogP contribution in [0.15, 0.2) is 30.3 Å². The maximum Gasteiger partial charge on any atom is 0.225 e. The van der Waals surface area contributed by atoms with Gasteiger partial charge in [-0.05, 0) is 50.8 Å². The van der Waals surface area contributed by atoms with Gasteiger partial charge < -0.3 is 16.0 Å². The Morgan fingerprint density at radius 1 is 1.27 bits per heavy atom. The van der Waals surface area contributed by atoms with Gasteiger partial charge in [-0.25, -0.2) is 0 Å². The summed E-state index contributed by atoms with van der Waals surface area (Å²) < 4.78 is 0. The molecular formula is C18H27N3O. The summed E-state index contributed by atoms with van der Waals surface area (Å²) >= 11 is 0. The van der Waals surface area contributed by atoms with Gasteiger partial charge in [0.2, 0.25) is 5.91 Å². The molecule has 2 bridgehead atoms. The monoisotopic (exact) mass is 301 g/mol. The molecule has 0 saturated heterocycles. The molecule has 5 atom stereocenters. The van der Waals surface area contributed by atoms with Crippen molar-refractivity contribution in [3.8, 4) is 0 Å². The maximum atomic E-state index is 12.6. The zero-order valence-electron chi connectivity index (χ0n) is 13.5. The van der Waals surface area contributed by atoms with Crippen molar-refractivity contribution in [2.75, 3.05) is 20.6 Å². The molecule has 120 valence electrons. The van der Waals surface area contributed by atoms with Crippen molar-refractivity contribution in [2.45, 2.75) is 31.3 Å². The molecule has 0 aliphatic heterocycles. The van der Waals surface area contributed by atoms with Gasteiger partial charge in [-0.2, -0.15) is 0 Å². The highest BCUT2D eigenvalue weighted by atomic mass is 16.2. The summed E-state index contributed by atoms with van der Waals surface area (Å²) in [6.45, 7) is 0.635. The van der Waals surface area contributed by atoms with E-state index in [-0.39, 0.29) is 23.9 Å². The van der Waals surface area contributed by atoms with Crippen molar-refractivity contribution in [3.05, 3.63) is 35.9 Å². The minimum atomic E-state index is 0.0253. The summed E-state index contributed by atoms with van der Waals surface area (Å²) in [5.74, 6) is 1.26. The average Bonchev–Trinajstić information content (AvgIpc) is 3.09. The molecule has 0 aromatic heterocycles. The highest BCUT2D eigenvalue weighted by Gasteiger charge is 2.49. The van der Waals surface area contributed by atoms with E-state index >= 15 is 0 Å². The topological polar surface area (TPSA) is 58.4 Å². The molecule has 0 spiro atoms. The molecule has 2 aliphatic carbocycles. The van der Waals surface area contributed by atoms with E-state index in [9.17, 15) is 4.79 Å². The standard InChI is InChI=1S/C18H27N3O/c1-21(2)15(12-6-4-3-5-7-12)11-20-18(22)16-13-8-9-14(10-13)17(16)19/h3-7,13-17H,8-11,19H2,1-2H3,(H,20,22). The van der Waals surface area contributed by atoms with Crippen molar-refractivity contribution >= 4 is 5.91 Å². The number of hydrogen-bond acceptors (Lipinski definition) is 3. The number of carbonyl (C=O) groups is 1. The summed E-state index contributed by atoms with van der Waals surface area (Å²) in [7, 11) is 4.10. The Morgan fingerprint density at radius 3 is 2.55 bits per heavy atom. The lowest BCUT2D eigenvalue weighted by Crippen LogP contribution is -2.46. The van der Waals surface area contributed by atoms with Gasteiger partial charge in [0, 0.05) is 12.6 Å². The Hall–Kier alpha value is -1.39. The highest BCUT2D eigenvalue weighted by Crippen LogP contribution is 2.47. The van der Waals surface area contributed by atoms with E-state index in [1.807, 2.05) is 32.3 Å². The molecule has 4 nitrogen and oxygen atoms in total. The van der Waals surface area contributed by atoms with Crippen molar-refractivity contribution in [1.82, 2.24) is 10.2 Å². The van der Waals surface area contributed by atoms with Crippen LogP contribution in [-0.4, -0.2) is 37.5 Å². The first-order valence-electron chi connectivity index (χ1n) is 8.32. The zero-order valence-corrected chi connectivity index (χ0v) is 13.5. The number of likely N-dealkylation sites (N-methyl/N-ethyl adjacent to an activating group) is 1. The third kappa shape index (κ3) is 2.90. The molecule has 1 aromatic carbocycles. The maximum absolute atomic E-state index is 12.6. The molecule has 2 aliphatic rings. The van der Waals surface area contributed by atoms with Gasteiger partial charge in [-0.3, -0.25) is 4.79 Å². The normalized spacial score (nSPS) is 31.5. The Labute approximate surface area is 133 Å². The number of nitrogens with zero attached hydrogens (tertiary/aromatic N) is 1. The number of hydrogen-bond donors (Lipinski definition) is 2. The lowest BCUT2D eigenvalue weighted by Gasteiger charge is -2.29. The molecule has 2 fully saturated rings. The van der Waals surface area contributed by atoms with E-state index in [1.165, 1.54) is 18.4 Å². The molecule has 3 rings (SSSR count). The highest BCUT2D eigenvalue weighted by molar-refractivity contribution is 5.80. The van der Waals surface area contributed by atoms with Gasteiger partial charge in [-0.1, -0.05) is 30.3 Å². The molecule has 1 amide bonds. The number of benzene rings is 1. The minimum Gasteiger partial charge on any atom is -0.354 e. The number of nitrogens with two attached hydrogens (primary N) is 1. The predicted octanol–water partition coefficient (Wildman–Crippen LogP) is 1.78. The Balaban J connectivity index is 1.62. The van der Waals surface area contributed by atoms with Crippen LogP contribution in [0.3, 0.4) is 0 Å². The molecule has 22 heavy (non-hydrogen) atoms. The van der Waals surface area contributed by atoms with Gasteiger partial charge in [0.1, 0.15) is 0 Å². The van der Waals surface area contributed by atoms with Gasteiger partial charge in [0.05, 0.1) is 12.0 Å². The Bertz CT molecular complexity index is 514. The van der Waals surface area contributed by atoms with E-state index in [0.717, 1.165) is 6.42 Å². The average molecular weight is 301 g/mol. The Morgan fingerprint density at radius 2 is 1.95 bits per heavy atom. The van der Waals surface area contributed by atoms with Crippen LogP contribution in [0.1, 0.15) is 30.9 Å². The van der Waals surface area contributed by atoms with Crippen LogP contribution in [0.5, 0.6) is 0 Å². The fourth-order valence-corrected chi connectivity index (χ4v) is 4.31. The lowest BCUT2D eigenvalue weighted by atomic mass is 9.84. The predicted molar refractivity (Wildman–Crippen MR) is 88.2 cm³/mol. The SMILES string of the molecule is CN(C)C(CNC(=O)C1C2CCC(C2)C1N)c1ccccc1. The van der Waals surface area contributed by atoms with Crippen molar-refractivity contribution in [2.24, 2.45) is 23.5 Å².